The molecule has 0 saturated carbocycles. The fraction of sp³-hybridized carbons (Fsp3) is 0.455. The van der Waals surface area contributed by atoms with Gasteiger partial charge in [-0.05, 0) is 55.5 Å². The molecule has 1 N–H and O–H groups in total. The largest absolute Gasteiger partial charge is 0.495 e. The molecule has 0 radical (unpaired) electrons. The number of furan rings is 1. The van der Waals surface area contributed by atoms with Crippen molar-refractivity contribution >= 4 is 29.1 Å². The van der Waals surface area contributed by atoms with Crippen molar-refractivity contribution in [1.29, 1.82) is 0 Å². The number of amides is 2. The molecule has 0 bridgehead atoms. The molecular formula is C22H27ClN2O5. The monoisotopic (exact) mass is 434 g/mol. The Kier molecular flexibility index (Phi) is 7.76. The fourth-order valence-corrected chi connectivity index (χ4v) is 3.85. The van der Waals surface area contributed by atoms with Crippen LogP contribution in [0.2, 0.25) is 5.02 Å². The van der Waals surface area contributed by atoms with E-state index < -0.39 is 0 Å². The van der Waals surface area contributed by atoms with Crippen molar-refractivity contribution in [3.63, 3.8) is 0 Å². The SMILES string of the molecule is COCc1ccc(C(=O)N2CCC[C@@H](CCC(=O)Nc3cc(Cl)ccc3OC)C2)o1. The van der Waals surface area contributed by atoms with Gasteiger partial charge in [-0.1, -0.05) is 11.6 Å². The Labute approximate surface area is 181 Å². The Hall–Kier alpha value is -2.51. The molecule has 2 amide bonds. The molecule has 30 heavy (non-hydrogen) atoms. The number of halogens is 1. The third kappa shape index (κ3) is 5.77. The number of rotatable bonds is 8. The van der Waals surface area contributed by atoms with E-state index >= 15 is 0 Å². The standard InChI is InChI=1S/C22H27ClN2O5/c1-28-14-17-7-9-20(30-17)22(27)25-11-3-4-15(13-25)5-10-21(26)24-18-12-16(23)6-8-19(18)29-2/h6-9,12,15H,3-5,10-11,13-14H2,1-2H3,(H,24,26)/t15-/m0/s1. The van der Waals surface area contributed by atoms with Crippen LogP contribution in [0, 0.1) is 5.92 Å². The number of anilines is 1. The maximum Gasteiger partial charge on any atom is 0.289 e. The van der Waals surface area contributed by atoms with Gasteiger partial charge in [0.1, 0.15) is 18.1 Å². The van der Waals surface area contributed by atoms with Crippen LogP contribution in [-0.2, 0) is 16.1 Å². The van der Waals surface area contributed by atoms with Crippen LogP contribution < -0.4 is 10.1 Å². The first kappa shape index (κ1) is 22.2. The minimum atomic E-state index is -0.116. The molecule has 1 saturated heterocycles. The van der Waals surface area contributed by atoms with Gasteiger partial charge >= 0.3 is 0 Å². The van der Waals surface area contributed by atoms with E-state index in [1.807, 2.05) is 4.90 Å². The highest BCUT2D eigenvalue weighted by Crippen LogP contribution is 2.28. The average molecular weight is 435 g/mol. The number of hydrogen-bond donors (Lipinski definition) is 1. The Morgan fingerprint density at radius 3 is 2.87 bits per heavy atom. The number of hydrogen-bond acceptors (Lipinski definition) is 5. The van der Waals surface area contributed by atoms with Crippen LogP contribution in [-0.4, -0.2) is 44.0 Å². The molecule has 0 unspecified atom stereocenters. The highest BCUT2D eigenvalue weighted by Gasteiger charge is 2.26. The molecule has 162 valence electrons. The first-order valence-electron chi connectivity index (χ1n) is 10.0. The van der Waals surface area contributed by atoms with Gasteiger partial charge in [0, 0.05) is 31.6 Å². The van der Waals surface area contributed by atoms with Gasteiger partial charge in [0.15, 0.2) is 5.76 Å². The van der Waals surface area contributed by atoms with Crippen LogP contribution in [0.3, 0.4) is 0 Å². The first-order valence-corrected chi connectivity index (χ1v) is 10.4. The van der Waals surface area contributed by atoms with Gasteiger partial charge in [0.2, 0.25) is 5.91 Å². The Morgan fingerprint density at radius 1 is 1.27 bits per heavy atom. The van der Waals surface area contributed by atoms with Gasteiger partial charge < -0.3 is 24.1 Å². The normalized spacial score (nSPS) is 16.4. The summed E-state index contributed by atoms with van der Waals surface area (Å²) in [6.45, 7) is 1.65. The van der Waals surface area contributed by atoms with Gasteiger partial charge in [-0.15, -0.1) is 0 Å². The van der Waals surface area contributed by atoms with E-state index in [-0.39, 0.29) is 17.7 Å². The van der Waals surface area contributed by atoms with Crippen molar-refractivity contribution in [2.24, 2.45) is 5.92 Å². The molecular weight excluding hydrogens is 408 g/mol. The van der Waals surface area contributed by atoms with Crippen molar-refractivity contribution in [2.45, 2.75) is 32.3 Å². The second kappa shape index (κ2) is 10.5. The van der Waals surface area contributed by atoms with Crippen LogP contribution in [0.4, 0.5) is 5.69 Å². The van der Waals surface area contributed by atoms with Gasteiger partial charge in [0.25, 0.3) is 5.91 Å². The van der Waals surface area contributed by atoms with Crippen molar-refractivity contribution in [3.05, 3.63) is 46.9 Å². The molecule has 0 aliphatic carbocycles. The van der Waals surface area contributed by atoms with Gasteiger partial charge in [-0.3, -0.25) is 9.59 Å². The molecule has 1 aliphatic rings. The summed E-state index contributed by atoms with van der Waals surface area (Å²) in [5, 5.41) is 3.39. The van der Waals surface area contributed by atoms with E-state index in [4.69, 9.17) is 25.5 Å². The Balaban J connectivity index is 1.51. The Morgan fingerprint density at radius 2 is 2.10 bits per heavy atom. The molecule has 2 heterocycles. The van der Waals surface area contributed by atoms with E-state index in [2.05, 4.69) is 5.32 Å². The second-order valence-corrected chi connectivity index (χ2v) is 7.83. The summed E-state index contributed by atoms with van der Waals surface area (Å²) in [6, 6.07) is 8.54. The lowest BCUT2D eigenvalue weighted by molar-refractivity contribution is -0.116. The number of nitrogens with one attached hydrogen (secondary N) is 1. The zero-order valence-electron chi connectivity index (χ0n) is 17.3. The molecule has 1 atom stereocenters. The number of piperidine rings is 1. The summed E-state index contributed by atoms with van der Waals surface area (Å²) in [6.07, 6.45) is 2.96. The topological polar surface area (TPSA) is 81.0 Å². The number of likely N-dealkylation sites (tertiary alicyclic amines) is 1. The van der Waals surface area contributed by atoms with Crippen LogP contribution in [0.25, 0.3) is 0 Å². The highest BCUT2D eigenvalue weighted by atomic mass is 35.5. The molecule has 3 rings (SSSR count). The smallest absolute Gasteiger partial charge is 0.289 e. The Bertz CT molecular complexity index is 882. The van der Waals surface area contributed by atoms with E-state index in [1.54, 1.807) is 44.6 Å². The maximum absolute atomic E-state index is 12.7. The number of nitrogens with zero attached hydrogens (tertiary/aromatic N) is 1. The average Bonchev–Trinajstić information content (AvgIpc) is 3.21. The zero-order chi connectivity index (χ0) is 21.5. The fourth-order valence-electron chi connectivity index (χ4n) is 3.68. The van der Waals surface area contributed by atoms with Crippen molar-refractivity contribution in [3.8, 4) is 5.75 Å². The van der Waals surface area contributed by atoms with Crippen LogP contribution in [0.1, 0.15) is 42.0 Å². The van der Waals surface area contributed by atoms with Gasteiger partial charge in [-0.25, -0.2) is 0 Å². The second-order valence-electron chi connectivity index (χ2n) is 7.39. The first-order chi connectivity index (χ1) is 14.5. The predicted octanol–water partition coefficient (Wildman–Crippen LogP) is 4.36. The summed E-state index contributed by atoms with van der Waals surface area (Å²) >= 11 is 6.01. The summed E-state index contributed by atoms with van der Waals surface area (Å²) in [7, 11) is 3.13. The number of carbonyl (C=O) groups excluding carboxylic acids is 2. The summed E-state index contributed by atoms with van der Waals surface area (Å²) < 4.78 is 15.9. The molecule has 2 aromatic rings. The number of ether oxygens (including phenoxy) is 2. The zero-order valence-corrected chi connectivity index (χ0v) is 18.0. The van der Waals surface area contributed by atoms with E-state index in [0.717, 1.165) is 12.8 Å². The number of benzene rings is 1. The minimum absolute atomic E-state index is 0.103. The minimum Gasteiger partial charge on any atom is -0.495 e. The molecule has 1 aromatic carbocycles. The van der Waals surface area contributed by atoms with Crippen LogP contribution >= 0.6 is 11.6 Å². The van der Waals surface area contributed by atoms with Crippen LogP contribution in [0.5, 0.6) is 5.75 Å². The van der Waals surface area contributed by atoms with Gasteiger partial charge in [0.05, 0.1) is 12.8 Å². The summed E-state index contributed by atoms with van der Waals surface area (Å²) in [5.41, 5.74) is 0.556. The lowest BCUT2D eigenvalue weighted by atomic mass is 9.93. The van der Waals surface area contributed by atoms with Gasteiger partial charge in [-0.2, -0.15) is 0 Å². The molecule has 1 aromatic heterocycles. The van der Waals surface area contributed by atoms with Crippen molar-refractivity contribution < 1.29 is 23.5 Å². The van der Waals surface area contributed by atoms with Crippen LogP contribution in [0.15, 0.2) is 34.7 Å². The third-order valence-corrected chi connectivity index (χ3v) is 5.42. The lowest BCUT2D eigenvalue weighted by Crippen LogP contribution is -2.40. The predicted molar refractivity (Wildman–Crippen MR) is 114 cm³/mol. The summed E-state index contributed by atoms with van der Waals surface area (Å²) in [5.74, 6) is 1.57. The van der Waals surface area contributed by atoms with Crippen molar-refractivity contribution in [1.82, 2.24) is 4.90 Å². The van der Waals surface area contributed by atoms with E-state index in [0.29, 0.717) is 60.5 Å². The molecule has 8 heteroatoms. The van der Waals surface area contributed by atoms with E-state index in [1.165, 1.54) is 0 Å². The molecule has 0 spiro atoms. The third-order valence-electron chi connectivity index (χ3n) is 5.18. The lowest BCUT2D eigenvalue weighted by Gasteiger charge is -2.32. The molecule has 1 fully saturated rings. The highest BCUT2D eigenvalue weighted by molar-refractivity contribution is 6.31. The molecule has 7 nitrogen and oxygen atoms in total. The maximum atomic E-state index is 12.7. The summed E-state index contributed by atoms with van der Waals surface area (Å²) in [4.78, 5) is 27.0. The number of methoxy groups -OCH3 is 2. The van der Waals surface area contributed by atoms with E-state index in [9.17, 15) is 9.59 Å². The number of carbonyl (C=O) groups is 2. The van der Waals surface area contributed by atoms with Crippen molar-refractivity contribution in [2.75, 3.05) is 32.6 Å². The molecule has 1 aliphatic heterocycles. The quantitative estimate of drug-likeness (QED) is 0.667.